The van der Waals surface area contributed by atoms with Crippen LogP contribution in [0.1, 0.15) is 131 Å². The highest BCUT2D eigenvalue weighted by molar-refractivity contribution is 5.99. The van der Waals surface area contributed by atoms with E-state index in [4.69, 9.17) is 24.1 Å². The van der Waals surface area contributed by atoms with Gasteiger partial charge in [0, 0.05) is 30.4 Å². The quantitative estimate of drug-likeness (QED) is 0.0662. The first-order valence-corrected chi connectivity index (χ1v) is 15.6. The highest BCUT2D eigenvalue weighted by Crippen LogP contribution is 2.43. The number of methoxy groups -OCH3 is 2. The normalized spacial score (nSPS) is 13.3. The number of cyclic esters (lactones) is 1. The molecule has 1 heterocycles. The van der Waals surface area contributed by atoms with Gasteiger partial charge in [0.2, 0.25) is 0 Å². The zero-order valence-electron chi connectivity index (χ0n) is 26.7. The second-order valence-electron chi connectivity index (χ2n) is 11.6. The standard InChI is InChI=1S/C34H50O9/c1-23(18-20-29(37)40-4)17-19-26-32(41-5)25(3)27-22-42-34(39)31(27)33(26)43-30(38)16-14-12-10-8-6-7-9-11-13-15-24(2)21-28(35)36/h17,24H,6-16,18-22H2,1-5H3,(H,35,36). The molecule has 1 aromatic rings. The lowest BCUT2D eigenvalue weighted by molar-refractivity contribution is -0.140. The topological polar surface area (TPSA) is 125 Å². The van der Waals surface area contributed by atoms with Gasteiger partial charge < -0.3 is 24.1 Å². The molecule has 0 aromatic heterocycles. The molecule has 1 aliphatic heterocycles. The van der Waals surface area contributed by atoms with E-state index in [0.717, 1.165) is 56.1 Å². The number of carboxylic acid groups (broad SMARTS) is 1. The molecule has 0 saturated heterocycles. The Kier molecular flexibility index (Phi) is 15.9. The Morgan fingerprint density at radius 1 is 0.907 bits per heavy atom. The zero-order chi connectivity index (χ0) is 31.8. The van der Waals surface area contributed by atoms with Crippen molar-refractivity contribution >= 4 is 23.9 Å². The number of carbonyl (C=O) groups excluding carboxylic acids is 3. The number of benzene rings is 1. The van der Waals surface area contributed by atoms with E-state index < -0.39 is 17.9 Å². The Balaban J connectivity index is 1.88. The van der Waals surface area contributed by atoms with Crippen LogP contribution >= 0.6 is 0 Å². The molecule has 2 rings (SSSR count). The fourth-order valence-electron chi connectivity index (χ4n) is 5.47. The predicted molar refractivity (Wildman–Crippen MR) is 163 cm³/mol. The number of carboxylic acids is 1. The van der Waals surface area contributed by atoms with E-state index in [2.05, 4.69) is 0 Å². The Bertz CT molecular complexity index is 1140. The molecular weight excluding hydrogens is 552 g/mol. The van der Waals surface area contributed by atoms with Crippen molar-refractivity contribution in [3.8, 4) is 11.5 Å². The van der Waals surface area contributed by atoms with Gasteiger partial charge in [-0.2, -0.15) is 0 Å². The lowest BCUT2D eigenvalue weighted by Gasteiger charge is -2.19. The molecule has 0 radical (unpaired) electrons. The first-order valence-electron chi connectivity index (χ1n) is 15.6. The number of aliphatic carboxylic acids is 1. The molecule has 1 N–H and O–H groups in total. The van der Waals surface area contributed by atoms with Crippen LogP contribution in [0.25, 0.3) is 0 Å². The summed E-state index contributed by atoms with van der Waals surface area (Å²) < 4.78 is 21.6. The van der Waals surface area contributed by atoms with Crippen LogP contribution in [0.2, 0.25) is 0 Å². The Labute approximate surface area is 256 Å². The van der Waals surface area contributed by atoms with Crippen molar-refractivity contribution in [3.63, 3.8) is 0 Å². The molecule has 1 aromatic carbocycles. The third kappa shape index (κ3) is 12.0. The van der Waals surface area contributed by atoms with Gasteiger partial charge in [-0.3, -0.25) is 14.4 Å². The predicted octanol–water partition coefficient (Wildman–Crippen LogP) is 7.42. The molecule has 1 unspecified atom stereocenters. The number of hydrogen-bond acceptors (Lipinski definition) is 8. The maximum absolute atomic E-state index is 12.9. The lowest BCUT2D eigenvalue weighted by atomic mass is 9.94. The Hall–Kier alpha value is -3.36. The van der Waals surface area contributed by atoms with Gasteiger partial charge in [-0.1, -0.05) is 76.4 Å². The highest BCUT2D eigenvalue weighted by Gasteiger charge is 2.34. The van der Waals surface area contributed by atoms with Crippen molar-refractivity contribution in [2.24, 2.45) is 5.92 Å². The van der Waals surface area contributed by atoms with E-state index in [9.17, 15) is 19.2 Å². The van der Waals surface area contributed by atoms with Gasteiger partial charge in [-0.25, -0.2) is 4.79 Å². The van der Waals surface area contributed by atoms with Gasteiger partial charge in [0.05, 0.1) is 14.2 Å². The fourth-order valence-corrected chi connectivity index (χ4v) is 5.47. The molecule has 0 bridgehead atoms. The second-order valence-corrected chi connectivity index (χ2v) is 11.6. The lowest BCUT2D eigenvalue weighted by Crippen LogP contribution is -2.14. The molecule has 0 spiro atoms. The highest BCUT2D eigenvalue weighted by atomic mass is 16.6. The molecule has 0 amide bonds. The minimum atomic E-state index is -0.720. The molecule has 0 aliphatic carbocycles. The number of rotatable bonds is 21. The average Bonchev–Trinajstić information content (AvgIpc) is 3.36. The molecule has 240 valence electrons. The number of fused-ring (bicyclic) bond motifs is 1. The van der Waals surface area contributed by atoms with Crippen LogP contribution in [0.5, 0.6) is 11.5 Å². The summed E-state index contributed by atoms with van der Waals surface area (Å²) in [5, 5.41) is 8.84. The molecule has 9 nitrogen and oxygen atoms in total. The van der Waals surface area contributed by atoms with Crippen LogP contribution < -0.4 is 9.47 Å². The summed E-state index contributed by atoms with van der Waals surface area (Å²) in [6, 6.07) is 0. The van der Waals surface area contributed by atoms with E-state index in [1.807, 2.05) is 26.8 Å². The largest absolute Gasteiger partial charge is 0.496 e. The van der Waals surface area contributed by atoms with Crippen LogP contribution in [0.15, 0.2) is 11.6 Å². The monoisotopic (exact) mass is 602 g/mol. The van der Waals surface area contributed by atoms with Gasteiger partial charge in [0.15, 0.2) is 5.75 Å². The van der Waals surface area contributed by atoms with Gasteiger partial charge in [-0.15, -0.1) is 0 Å². The Morgan fingerprint density at radius 2 is 1.53 bits per heavy atom. The summed E-state index contributed by atoms with van der Waals surface area (Å²) in [6.45, 7) is 5.89. The molecule has 43 heavy (non-hydrogen) atoms. The van der Waals surface area contributed by atoms with Crippen LogP contribution in [-0.2, 0) is 36.9 Å². The average molecular weight is 603 g/mol. The van der Waals surface area contributed by atoms with Crippen LogP contribution in [0.4, 0.5) is 0 Å². The van der Waals surface area contributed by atoms with Gasteiger partial charge in [0.1, 0.15) is 17.9 Å². The molecule has 0 saturated carbocycles. The van der Waals surface area contributed by atoms with E-state index >= 15 is 0 Å². The van der Waals surface area contributed by atoms with Crippen LogP contribution in [0.3, 0.4) is 0 Å². The summed E-state index contributed by atoms with van der Waals surface area (Å²) in [5.74, 6) is -0.895. The summed E-state index contributed by atoms with van der Waals surface area (Å²) in [7, 11) is 2.91. The summed E-state index contributed by atoms with van der Waals surface area (Å²) >= 11 is 0. The van der Waals surface area contributed by atoms with Gasteiger partial charge in [0.25, 0.3) is 0 Å². The number of carbonyl (C=O) groups is 4. The number of esters is 3. The van der Waals surface area contributed by atoms with Crippen molar-refractivity contribution in [1.82, 2.24) is 0 Å². The van der Waals surface area contributed by atoms with Gasteiger partial charge >= 0.3 is 23.9 Å². The third-order valence-corrected chi connectivity index (χ3v) is 8.05. The maximum Gasteiger partial charge on any atom is 0.342 e. The van der Waals surface area contributed by atoms with Crippen molar-refractivity contribution in [3.05, 3.63) is 33.9 Å². The van der Waals surface area contributed by atoms with Crippen molar-refractivity contribution in [1.29, 1.82) is 0 Å². The third-order valence-electron chi connectivity index (χ3n) is 8.05. The number of hydrogen-bond donors (Lipinski definition) is 1. The first-order chi connectivity index (χ1) is 20.6. The minimum absolute atomic E-state index is 0.110. The SMILES string of the molecule is COC(=O)CCC(C)=CCc1c(OC)c(C)c2c(c1OC(=O)CCCCCCCCCCCC(C)CC(=O)O)C(=O)OC2. The first kappa shape index (κ1) is 35.8. The van der Waals surface area contributed by atoms with Crippen molar-refractivity contribution in [2.45, 2.75) is 124 Å². The molecule has 0 fully saturated rings. The van der Waals surface area contributed by atoms with Crippen molar-refractivity contribution < 1.29 is 43.2 Å². The molecular formula is C34H50O9. The van der Waals surface area contributed by atoms with E-state index in [0.29, 0.717) is 41.7 Å². The van der Waals surface area contributed by atoms with Crippen LogP contribution in [0, 0.1) is 12.8 Å². The summed E-state index contributed by atoms with van der Waals surface area (Å²) in [5.41, 5.74) is 3.33. The number of unbranched alkanes of at least 4 members (excludes halogenated alkanes) is 8. The van der Waals surface area contributed by atoms with E-state index in [1.165, 1.54) is 20.0 Å². The fraction of sp³-hybridized carbons (Fsp3) is 0.647. The maximum atomic E-state index is 12.9. The number of ether oxygens (including phenoxy) is 4. The van der Waals surface area contributed by atoms with E-state index in [-0.39, 0.29) is 43.5 Å². The van der Waals surface area contributed by atoms with Crippen molar-refractivity contribution in [2.75, 3.05) is 14.2 Å². The summed E-state index contributed by atoms with van der Waals surface area (Å²) in [6.07, 6.45) is 14.1. The molecule has 9 heteroatoms. The van der Waals surface area contributed by atoms with E-state index in [1.54, 1.807) is 7.11 Å². The number of allylic oxidation sites excluding steroid dienone is 2. The zero-order valence-corrected chi connectivity index (χ0v) is 26.7. The van der Waals surface area contributed by atoms with Gasteiger partial charge in [-0.05, 0) is 44.6 Å². The Morgan fingerprint density at radius 3 is 2.14 bits per heavy atom. The van der Waals surface area contributed by atoms with Crippen LogP contribution in [-0.4, -0.2) is 43.2 Å². The molecule has 1 aliphatic rings. The molecule has 1 atom stereocenters. The summed E-state index contributed by atoms with van der Waals surface area (Å²) in [4.78, 5) is 47.9. The smallest absolute Gasteiger partial charge is 0.342 e. The minimum Gasteiger partial charge on any atom is -0.496 e. The second kappa shape index (κ2) is 19.0.